The Balaban J connectivity index is 2.84. The number of amides is 2. The van der Waals surface area contributed by atoms with Gasteiger partial charge in [-0.05, 0) is 18.4 Å². The average Bonchev–Trinajstić information content (AvgIpc) is 2.53. The van der Waals surface area contributed by atoms with Crippen LogP contribution in [0, 0.1) is 0 Å². The molecule has 0 bridgehead atoms. The molecule has 0 saturated heterocycles. The van der Waals surface area contributed by atoms with Gasteiger partial charge in [0.15, 0.2) is 0 Å². The van der Waals surface area contributed by atoms with Crippen molar-refractivity contribution in [3.63, 3.8) is 0 Å². The highest BCUT2D eigenvalue weighted by Crippen LogP contribution is 2.19. The van der Waals surface area contributed by atoms with Gasteiger partial charge in [-0.2, -0.15) is 13.2 Å². The molecular weight excluding hydrogens is 440 g/mol. The van der Waals surface area contributed by atoms with Gasteiger partial charge < -0.3 is 5.32 Å². The van der Waals surface area contributed by atoms with Crippen molar-refractivity contribution in [3.05, 3.63) is 35.9 Å². The second kappa shape index (κ2) is 9.21. The Kier molecular flexibility index (Phi) is 7.94. The van der Waals surface area contributed by atoms with E-state index in [2.05, 4.69) is 0 Å². The molecule has 0 aliphatic carbocycles. The molecule has 0 aliphatic rings. The van der Waals surface area contributed by atoms with E-state index >= 15 is 0 Å². The third kappa shape index (κ3) is 6.63. The number of hydrogen-bond donors (Lipinski definition) is 1. The summed E-state index contributed by atoms with van der Waals surface area (Å²) in [5.74, 6) is -2.41. The lowest BCUT2D eigenvalue weighted by molar-refractivity contribution is -0.174. The number of nitrogens with one attached hydrogen (secondary N) is 1. The monoisotopic (exact) mass is 458 g/mol. The van der Waals surface area contributed by atoms with Crippen molar-refractivity contribution in [3.8, 4) is 0 Å². The summed E-state index contributed by atoms with van der Waals surface area (Å²) in [5.41, 5.74) is 0.765. The molecule has 9 heteroatoms. The Morgan fingerprint density at radius 3 is 2.38 bits per heavy atom. The maximum atomic E-state index is 12.5. The third-order valence-corrected chi connectivity index (χ3v) is 4.30. The number of carbonyl (C=O) groups excluding carboxylic acids is 2. The van der Waals surface area contributed by atoms with Crippen LogP contribution in [0.25, 0.3) is 0 Å². The molecular formula is C15H18F3IN2O3. The van der Waals surface area contributed by atoms with Crippen LogP contribution in [0.4, 0.5) is 13.2 Å². The highest BCUT2D eigenvalue weighted by atomic mass is 127. The zero-order valence-electron chi connectivity index (χ0n) is 13.1. The lowest BCUT2D eigenvalue weighted by Crippen LogP contribution is -2.46. The van der Waals surface area contributed by atoms with Crippen LogP contribution in [0.5, 0.6) is 0 Å². The number of nitrogens with zero attached hydrogens (tertiary/aromatic N) is 1. The molecule has 1 rings (SSSR count). The molecule has 1 unspecified atom stereocenters. The summed E-state index contributed by atoms with van der Waals surface area (Å²) < 4.78 is 36.9. The summed E-state index contributed by atoms with van der Waals surface area (Å²) in [6, 6.07) is 7.95. The van der Waals surface area contributed by atoms with Gasteiger partial charge in [0.25, 0.3) is 5.91 Å². The van der Waals surface area contributed by atoms with Crippen molar-refractivity contribution in [2.45, 2.75) is 29.0 Å². The summed E-state index contributed by atoms with van der Waals surface area (Å²) in [4.78, 5) is 28.0. The van der Waals surface area contributed by atoms with Crippen molar-refractivity contribution < 1.29 is 27.6 Å². The summed E-state index contributed by atoms with van der Waals surface area (Å²) >= 11 is 1.83. The number of benzene rings is 1. The molecule has 0 heterocycles. The average molecular weight is 458 g/mol. The van der Waals surface area contributed by atoms with Gasteiger partial charge >= 0.3 is 12.1 Å². The molecule has 0 aromatic heterocycles. The first-order chi connectivity index (χ1) is 11.1. The Morgan fingerprint density at radius 2 is 1.88 bits per heavy atom. The van der Waals surface area contributed by atoms with E-state index in [1.807, 2.05) is 27.9 Å². The van der Waals surface area contributed by atoms with Crippen molar-refractivity contribution in [2.75, 3.05) is 14.2 Å². The van der Waals surface area contributed by atoms with Gasteiger partial charge in [-0.25, -0.2) is 5.06 Å². The fourth-order valence-corrected chi connectivity index (χ4v) is 3.00. The fourth-order valence-electron chi connectivity index (χ4n) is 2.00. The smallest absolute Gasteiger partial charge is 0.345 e. The minimum absolute atomic E-state index is 0.0454. The molecule has 0 radical (unpaired) electrons. The van der Waals surface area contributed by atoms with Crippen LogP contribution in [-0.2, 0) is 20.8 Å². The fraction of sp³-hybridized carbons (Fsp3) is 0.467. The molecule has 1 aromatic rings. The van der Waals surface area contributed by atoms with E-state index in [1.54, 1.807) is 30.3 Å². The second-order valence-corrected chi connectivity index (χ2v) is 6.58. The van der Waals surface area contributed by atoms with Crippen molar-refractivity contribution in [1.29, 1.82) is 0 Å². The number of halogens is 4. The molecule has 0 fully saturated rings. The highest BCUT2D eigenvalue weighted by Gasteiger charge is 2.40. The summed E-state index contributed by atoms with van der Waals surface area (Å²) in [5, 5.41) is 2.97. The van der Waals surface area contributed by atoms with E-state index in [0.717, 1.165) is 10.6 Å². The minimum Gasteiger partial charge on any atom is -0.345 e. The Hall–Kier alpha value is -1.36. The maximum Gasteiger partial charge on any atom is 0.471 e. The molecule has 1 N–H and O–H groups in total. The number of alkyl halides is 4. The van der Waals surface area contributed by atoms with Gasteiger partial charge in [0, 0.05) is 13.1 Å². The first-order valence-corrected chi connectivity index (χ1v) is 8.27. The zero-order valence-corrected chi connectivity index (χ0v) is 15.3. The van der Waals surface area contributed by atoms with Crippen LogP contribution in [0.3, 0.4) is 0 Å². The van der Waals surface area contributed by atoms with Crippen LogP contribution in [0.15, 0.2) is 30.3 Å². The molecule has 5 nitrogen and oxygen atoms in total. The van der Waals surface area contributed by atoms with Gasteiger partial charge in [0.05, 0.1) is 11.0 Å². The molecule has 134 valence electrons. The molecule has 24 heavy (non-hydrogen) atoms. The topological polar surface area (TPSA) is 58.6 Å². The van der Waals surface area contributed by atoms with Gasteiger partial charge in [0.1, 0.15) is 0 Å². The predicted octanol–water partition coefficient (Wildman–Crippen LogP) is 2.49. The first kappa shape index (κ1) is 20.7. The summed E-state index contributed by atoms with van der Waals surface area (Å²) in [6.45, 7) is 0. The van der Waals surface area contributed by atoms with E-state index in [-0.39, 0.29) is 12.8 Å². The maximum absolute atomic E-state index is 12.5. The predicted molar refractivity (Wildman–Crippen MR) is 90.3 cm³/mol. The van der Waals surface area contributed by atoms with Gasteiger partial charge in [-0.3, -0.25) is 14.4 Å². The molecule has 0 saturated carbocycles. The molecule has 2 amide bonds. The van der Waals surface area contributed by atoms with Crippen molar-refractivity contribution in [1.82, 2.24) is 10.4 Å². The van der Waals surface area contributed by atoms with E-state index in [1.165, 1.54) is 14.2 Å². The molecule has 0 aliphatic heterocycles. The van der Waals surface area contributed by atoms with Crippen LogP contribution in [0.2, 0.25) is 0 Å². The van der Waals surface area contributed by atoms with Crippen LogP contribution in [0.1, 0.15) is 12.0 Å². The van der Waals surface area contributed by atoms with E-state index in [4.69, 9.17) is 4.84 Å². The number of rotatable bonds is 7. The molecule has 0 spiro atoms. The van der Waals surface area contributed by atoms with Crippen molar-refractivity contribution in [2.24, 2.45) is 0 Å². The number of hydroxylamine groups is 2. The minimum atomic E-state index is -4.97. The van der Waals surface area contributed by atoms with E-state index in [9.17, 15) is 22.8 Å². The second-order valence-electron chi connectivity index (χ2n) is 5.08. The summed E-state index contributed by atoms with van der Waals surface area (Å²) in [7, 11) is 2.72. The van der Waals surface area contributed by atoms with Crippen molar-refractivity contribution >= 4 is 34.4 Å². The normalized spacial score (nSPS) is 13.9. The number of hydrogen-bond acceptors (Lipinski definition) is 3. The van der Waals surface area contributed by atoms with Crippen LogP contribution >= 0.6 is 22.6 Å². The van der Waals surface area contributed by atoms with E-state index in [0.29, 0.717) is 0 Å². The number of carbonyl (C=O) groups is 2. The van der Waals surface area contributed by atoms with Gasteiger partial charge in [-0.1, -0.05) is 52.9 Å². The quantitative estimate of drug-likeness (QED) is 0.388. The zero-order chi connectivity index (χ0) is 18.3. The highest BCUT2D eigenvalue weighted by molar-refractivity contribution is 14.1. The lowest BCUT2D eigenvalue weighted by atomic mass is 10.0. The van der Waals surface area contributed by atoms with Crippen LogP contribution < -0.4 is 5.32 Å². The lowest BCUT2D eigenvalue weighted by Gasteiger charge is -2.24. The van der Waals surface area contributed by atoms with Crippen LogP contribution in [-0.4, -0.2) is 47.2 Å². The van der Waals surface area contributed by atoms with E-state index < -0.39 is 28.0 Å². The standard InChI is InChI=1S/C15H18F3IN2O3/c1-21(24-2)13(22)12(19)9-11(20-14(23)15(16,17)18)8-10-6-4-3-5-7-10/h3-7,11-12H,8-9H2,1-2H3,(H,20,23)/t11-,12?/m0/s1. The molecule has 1 aromatic carbocycles. The van der Waals surface area contributed by atoms with Gasteiger partial charge in [-0.15, -0.1) is 0 Å². The first-order valence-electron chi connectivity index (χ1n) is 7.02. The summed E-state index contributed by atoms with van der Waals surface area (Å²) in [6.07, 6.45) is -4.74. The SMILES string of the molecule is CON(C)C(=O)C(I)C[C@H](Cc1ccccc1)NC(=O)C(F)(F)F. The molecule has 2 atom stereocenters. The largest absolute Gasteiger partial charge is 0.471 e. The Bertz CT molecular complexity index is 555. The Morgan fingerprint density at radius 1 is 1.29 bits per heavy atom. The Labute approximate surface area is 151 Å². The van der Waals surface area contributed by atoms with Gasteiger partial charge in [0.2, 0.25) is 0 Å². The third-order valence-electron chi connectivity index (χ3n) is 3.26.